The van der Waals surface area contributed by atoms with Gasteiger partial charge in [0.05, 0.1) is 0 Å². The molecule has 72 valence electrons. The summed E-state index contributed by atoms with van der Waals surface area (Å²) in [5.74, 6) is 2.17. The highest BCUT2D eigenvalue weighted by atomic mass is 32.2. The van der Waals surface area contributed by atoms with Crippen molar-refractivity contribution in [2.45, 2.75) is 38.6 Å². The summed E-state index contributed by atoms with van der Waals surface area (Å²) in [6.07, 6.45) is 7.81. The van der Waals surface area contributed by atoms with Crippen LogP contribution in [-0.2, 0) is 0 Å². The Bertz CT molecular complexity index is 112. The Kier molecular flexibility index (Phi) is 5.08. The van der Waals surface area contributed by atoms with Crippen molar-refractivity contribution in [3.05, 3.63) is 0 Å². The van der Waals surface area contributed by atoms with Gasteiger partial charge in [0, 0.05) is 6.04 Å². The second kappa shape index (κ2) is 5.87. The first kappa shape index (κ1) is 10.4. The van der Waals surface area contributed by atoms with Crippen molar-refractivity contribution in [3.8, 4) is 0 Å². The summed E-state index contributed by atoms with van der Waals surface area (Å²) < 4.78 is 0. The van der Waals surface area contributed by atoms with Gasteiger partial charge in [0.15, 0.2) is 0 Å². The Hall–Kier alpha value is 0.310. The molecule has 0 bridgehead atoms. The van der Waals surface area contributed by atoms with Gasteiger partial charge in [-0.25, -0.2) is 0 Å². The predicted octanol–water partition coefficient (Wildman–Crippen LogP) is 2.52. The lowest BCUT2D eigenvalue weighted by Gasteiger charge is -2.28. The zero-order valence-corrected chi connectivity index (χ0v) is 9.12. The maximum Gasteiger partial charge on any atom is 0.00671 e. The predicted molar refractivity (Wildman–Crippen MR) is 57.8 cm³/mol. The van der Waals surface area contributed by atoms with Crippen LogP contribution in [0, 0.1) is 5.92 Å². The van der Waals surface area contributed by atoms with Crippen LogP contribution in [-0.4, -0.2) is 24.6 Å². The summed E-state index contributed by atoms with van der Waals surface area (Å²) in [4.78, 5) is 0. The van der Waals surface area contributed by atoms with E-state index in [1.807, 2.05) is 11.8 Å². The number of thioether (sulfide) groups is 1. The molecule has 1 aliphatic rings. The third-order valence-electron chi connectivity index (χ3n) is 2.67. The largest absolute Gasteiger partial charge is 0.314 e. The van der Waals surface area contributed by atoms with Gasteiger partial charge >= 0.3 is 0 Å². The van der Waals surface area contributed by atoms with Crippen LogP contribution in [0.4, 0.5) is 0 Å². The first-order chi connectivity index (χ1) is 5.83. The van der Waals surface area contributed by atoms with Crippen LogP contribution in [0.2, 0.25) is 0 Å². The SMILES string of the molecule is CSCCC(C)CNC1CCC1. The van der Waals surface area contributed by atoms with Gasteiger partial charge in [-0.3, -0.25) is 0 Å². The zero-order valence-electron chi connectivity index (χ0n) is 8.31. The first-order valence-corrected chi connectivity index (χ1v) is 6.44. The first-order valence-electron chi connectivity index (χ1n) is 5.05. The fourth-order valence-corrected chi connectivity index (χ4v) is 2.04. The topological polar surface area (TPSA) is 12.0 Å². The van der Waals surface area contributed by atoms with Crippen LogP contribution in [0.25, 0.3) is 0 Å². The molecule has 1 N–H and O–H groups in total. The zero-order chi connectivity index (χ0) is 8.81. The van der Waals surface area contributed by atoms with Crippen molar-refractivity contribution in [2.75, 3.05) is 18.6 Å². The summed E-state index contributed by atoms with van der Waals surface area (Å²) in [5.41, 5.74) is 0. The number of rotatable bonds is 6. The van der Waals surface area contributed by atoms with Crippen molar-refractivity contribution in [2.24, 2.45) is 5.92 Å². The monoisotopic (exact) mass is 187 g/mol. The van der Waals surface area contributed by atoms with E-state index in [1.165, 1.54) is 38.0 Å². The molecule has 0 radical (unpaired) electrons. The van der Waals surface area contributed by atoms with E-state index in [4.69, 9.17) is 0 Å². The molecule has 0 saturated heterocycles. The highest BCUT2D eigenvalue weighted by Gasteiger charge is 2.16. The van der Waals surface area contributed by atoms with Crippen LogP contribution in [0.15, 0.2) is 0 Å². The minimum absolute atomic E-state index is 0.859. The molecule has 1 unspecified atom stereocenters. The molecule has 0 aromatic heterocycles. The lowest BCUT2D eigenvalue weighted by atomic mass is 9.92. The Labute approximate surface area is 80.7 Å². The lowest BCUT2D eigenvalue weighted by molar-refractivity contribution is 0.319. The molecule has 0 spiro atoms. The molecule has 1 nitrogen and oxygen atoms in total. The number of nitrogens with one attached hydrogen (secondary N) is 1. The molecule has 1 atom stereocenters. The molecule has 1 aliphatic carbocycles. The number of hydrogen-bond acceptors (Lipinski definition) is 2. The second-order valence-electron chi connectivity index (χ2n) is 3.92. The smallest absolute Gasteiger partial charge is 0.00671 e. The molecular weight excluding hydrogens is 166 g/mol. The van der Waals surface area contributed by atoms with E-state index < -0.39 is 0 Å². The molecule has 12 heavy (non-hydrogen) atoms. The van der Waals surface area contributed by atoms with Crippen molar-refractivity contribution in [1.82, 2.24) is 5.32 Å². The van der Waals surface area contributed by atoms with Crippen LogP contribution >= 0.6 is 11.8 Å². The average molecular weight is 187 g/mol. The Morgan fingerprint density at radius 2 is 2.25 bits per heavy atom. The molecule has 2 heteroatoms. The van der Waals surface area contributed by atoms with E-state index in [9.17, 15) is 0 Å². The van der Waals surface area contributed by atoms with Gasteiger partial charge in [0.1, 0.15) is 0 Å². The van der Waals surface area contributed by atoms with Crippen molar-refractivity contribution in [1.29, 1.82) is 0 Å². The summed E-state index contributed by atoms with van der Waals surface area (Å²) in [5, 5.41) is 3.62. The van der Waals surface area contributed by atoms with Crippen molar-refractivity contribution in [3.63, 3.8) is 0 Å². The van der Waals surface area contributed by atoms with E-state index in [1.54, 1.807) is 0 Å². The fraction of sp³-hybridized carbons (Fsp3) is 1.00. The Balaban J connectivity index is 1.90. The Morgan fingerprint density at radius 3 is 2.75 bits per heavy atom. The molecule has 0 aliphatic heterocycles. The maximum absolute atomic E-state index is 3.62. The molecule has 1 rings (SSSR count). The van der Waals surface area contributed by atoms with Gasteiger partial charge in [0.2, 0.25) is 0 Å². The molecule has 1 saturated carbocycles. The molecule has 0 aromatic carbocycles. The van der Waals surface area contributed by atoms with Gasteiger partial charge in [-0.15, -0.1) is 0 Å². The van der Waals surface area contributed by atoms with E-state index in [0.717, 1.165) is 12.0 Å². The normalized spacial score (nSPS) is 20.5. The van der Waals surface area contributed by atoms with Crippen LogP contribution in [0.1, 0.15) is 32.6 Å². The summed E-state index contributed by atoms with van der Waals surface area (Å²) >= 11 is 1.96. The molecule has 0 heterocycles. The van der Waals surface area contributed by atoms with E-state index in [0.29, 0.717) is 0 Å². The minimum Gasteiger partial charge on any atom is -0.314 e. The van der Waals surface area contributed by atoms with Crippen LogP contribution in [0.5, 0.6) is 0 Å². The highest BCUT2D eigenvalue weighted by molar-refractivity contribution is 7.98. The fourth-order valence-electron chi connectivity index (χ4n) is 1.40. The van der Waals surface area contributed by atoms with Crippen LogP contribution in [0.3, 0.4) is 0 Å². The van der Waals surface area contributed by atoms with Crippen molar-refractivity contribution >= 4 is 11.8 Å². The van der Waals surface area contributed by atoms with Gasteiger partial charge in [-0.05, 0) is 43.7 Å². The molecule has 1 fully saturated rings. The summed E-state index contributed by atoms with van der Waals surface area (Å²) in [7, 11) is 0. The molecule has 0 amide bonds. The second-order valence-corrected chi connectivity index (χ2v) is 4.91. The van der Waals surface area contributed by atoms with Crippen molar-refractivity contribution < 1.29 is 0 Å². The lowest BCUT2D eigenvalue weighted by Crippen LogP contribution is -2.37. The van der Waals surface area contributed by atoms with Crippen LogP contribution < -0.4 is 5.32 Å². The van der Waals surface area contributed by atoms with Gasteiger partial charge < -0.3 is 5.32 Å². The third-order valence-corrected chi connectivity index (χ3v) is 3.32. The molecular formula is C10H21NS. The third kappa shape index (κ3) is 3.81. The molecule has 0 aromatic rings. The van der Waals surface area contributed by atoms with E-state index in [2.05, 4.69) is 18.5 Å². The van der Waals surface area contributed by atoms with E-state index >= 15 is 0 Å². The average Bonchev–Trinajstić information content (AvgIpc) is 1.98. The number of hydrogen-bond donors (Lipinski definition) is 1. The Morgan fingerprint density at radius 1 is 1.50 bits per heavy atom. The summed E-state index contributed by atoms with van der Waals surface area (Å²) in [6, 6.07) is 0.863. The maximum atomic E-state index is 3.62. The standard InChI is InChI=1S/C10H21NS/c1-9(6-7-12-2)8-11-10-4-3-5-10/h9-11H,3-8H2,1-2H3. The van der Waals surface area contributed by atoms with Gasteiger partial charge in [0.25, 0.3) is 0 Å². The minimum atomic E-state index is 0.859. The summed E-state index contributed by atoms with van der Waals surface area (Å²) in [6.45, 7) is 3.58. The van der Waals surface area contributed by atoms with E-state index in [-0.39, 0.29) is 0 Å². The van der Waals surface area contributed by atoms with Gasteiger partial charge in [-0.2, -0.15) is 11.8 Å². The quantitative estimate of drug-likeness (QED) is 0.686. The van der Waals surface area contributed by atoms with Gasteiger partial charge in [-0.1, -0.05) is 13.3 Å². The highest BCUT2D eigenvalue weighted by Crippen LogP contribution is 2.18.